The van der Waals surface area contributed by atoms with E-state index >= 15 is 0 Å². The number of aromatic nitrogens is 1. The molecule has 3 N–H and O–H groups in total. The largest absolute Gasteiger partial charge is 0.405 e. The topological polar surface area (TPSA) is 59.1 Å². The molecule has 0 aliphatic rings. The lowest BCUT2D eigenvalue weighted by molar-refractivity contribution is 0.169. The summed E-state index contributed by atoms with van der Waals surface area (Å²) in [5.41, 5.74) is 8.09. The molecule has 1 heterocycles. The van der Waals surface area contributed by atoms with Gasteiger partial charge in [-0.1, -0.05) is 19.1 Å². The SMILES string of the molecule is CCC(O)c1cc(C)c(/C=C/C=C/N)cn1. The predicted octanol–water partition coefficient (Wildman–Crippen LogP) is 2.32. The molecule has 0 saturated carbocycles. The second-order valence-electron chi connectivity index (χ2n) is 3.63. The van der Waals surface area contributed by atoms with E-state index in [-0.39, 0.29) is 0 Å². The fourth-order valence-electron chi connectivity index (χ4n) is 1.38. The second kappa shape index (κ2) is 6.08. The Labute approximate surface area is 96.3 Å². The van der Waals surface area contributed by atoms with Gasteiger partial charge in [0.15, 0.2) is 0 Å². The molecule has 1 rings (SSSR count). The van der Waals surface area contributed by atoms with Gasteiger partial charge in [-0.2, -0.15) is 0 Å². The molecule has 0 aromatic carbocycles. The van der Waals surface area contributed by atoms with E-state index in [2.05, 4.69) is 4.98 Å². The zero-order valence-electron chi connectivity index (χ0n) is 9.72. The number of aliphatic hydroxyl groups is 1. The van der Waals surface area contributed by atoms with Crippen LogP contribution in [0.3, 0.4) is 0 Å². The minimum absolute atomic E-state index is 0.472. The number of hydrogen-bond acceptors (Lipinski definition) is 3. The van der Waals surface area contributed by atoms with Gasteiger partial charge < -0.3 is 10.8 Å². The maximum absolute atomic E-state index is 9.65. The summed E-state index contributed by atoms with van der Waals surface area (Å²) in [4.78, 5) is 4.23. The zero-order chi connectivity index (χ0) is 12.0. The average molecular weight is 218 g/mol. The van der Waals surface area contributed by atoms with Gasteiger partial charge in [0.25, 0.3) is 0 Å². The summed E-state index contributed by atoms with van der Waals surface area (Å²) in [6.45, 7) is 3.93. The van der Waals surface area contributed by atoms with Gasteiger partial charge in [0.05, 0.1) is 11.8 Å². The Morgan fingerprint density at radius 3 is 2.81 bits per heavy atom. The monoisotopic (exact) mass is 218 g/mol. The molecule has 0 saturated heterocycles. The smallest absolute Gasteiger partial charge is 0.0957 e. The lowest BCUT2D eigenvalue weighted by Gasteiger charge is -2.09. The predicted molar refractivity (Wildman–Crippen MR) is 66.6 cm³/mol. The van der Waals surface area contributed by atoms with E-state index in [9.17, 15) is 5.11 Å². The molecular weight excluding hydrogens is 200 g/mol. The lowest BCUT2D eigenvalue weighted by atomic mass is 10.1. The Hall–Kier alpha value is -1.61. The molecule has 0 bridgehead atoms. The van der Waals surface area contributed by atoms with E-state index in [0.717, 1.165) is 16.8 Å². The van der Waals surface area contributed by atoms with Crippen LogP contribution in [0.25, 0.3) is 6.08 Å². The zero-order valence-corrected chi connectivity index (χ0v) is 9.72. The highest BCUT2D eigenvalue weighted by Crippen LogP contribution is 2.17. The highest BCUT2D eigenvalue weighted by Gasteiger charge is 2.07. The van der Waals surface area contributed by atoms with Crippen molar-refractivity contribution in [2.45, 2.75) is 26.4 Å². The lowest BCUT2D eigenvalue weighted by Crippen LogP contribution is -1.99. The molecule has 0 aliphatic carbocycles. The van der Waals surface area contributed by atoms with Crippen LogP contribution in [0.15, 0.2) is 30.6 Å². The second-order valence-corrected chi connectivity index (χ2v) is 3.63. The van der Waals surface area contributed by atoms with Gasteiger partial charge in [-0.15, -0.1) is 0 Å². The minimum Gasteiger partial charge on any atom is -0.405 e. The van der Waals surface area contributed by atoms with Crippen LogP contribution >= 0.6 is 0 Å². The normalized spacial score (nSPS) is 13.7. The summed E-state index contributed by atoms with van der Waals surface area (Å²) in [5, 5.41) is 9.65. The summed E-state index contributed by atoms with van der Waals surface area (Å²) >= 11 is 0. The summed E-state index contributed by atoms with van der Waals surface area (Å²) in [5.74, 6) is 0. The molecule has 0 radical (unpaired) electrons. The molecule has 0 aliphatic heterocycles. The number of aliphatic hydroxyl groups excluding tert-OH is 1. The molecule has 86 valence electrons. The van der Waals surface area contributed by atoms with Crippen molar-refractivity contribution in [3.63, 3.8) is 0 Å². The van der Waals surface area contributed by atoms with E-state index < -0.39 is 6.10 Å². The quantitative estimate of drug-likeness (QED) is 0.762. The van der Waals surface area contributed by atoms with E-state index in [1.165, 1.54) is 6.20 Å². The molecule has 1 unspecified atom stereocenters. The van der Waals surface area contributed by atoms with Crippen LogP contribution in [-0.4, -0.2) is 10.1 Å². The van der Waals surface area contributed by atoms with Gasteiger partial charge in [0, 0.05) is 6.20 Å². The Kier molecular flexibility index (Phi) is 4.73. The number of nitrogens with zero attached hydrogens (tertiary/aromatic N) is 1. The Balaban J connectivity index is 2.91. The van der Waals surface area contributed by atoms with Gasteiger partial charge in [-0.05, 0) is 42.8 Å². The van der Waals surface area contributed by atoms with Gasteiger partial charge in [0.1, 0.15) is 0 Å². The van der Waals surface area contributed by atoms with Crippen LogP contribution in [0.2, 0.25) is 0 Å². The fourth-order valence-corrected chi connectivity index (χ4v) is 1.38. The minimum atomic E-state index is -0.472. The third-order valence-electron chi connectivity index (χ3n) is 2.40. The third-order valence-corrected chi connectivity index (χ3v) is 2.40. The van der Waals surface area contributed by atoms with Gasteiger partial charge >= 0.3 is 0 Å². The molecule has 0 amide bonds. The van der Waals surface area contributed by atoms with Crippen LogP contribution in [0, 0.1) is 6.92 Å². The van der Waals surface area contributed by atoms with Crippen LogP contribution in [0.1, 0.15) is 36.3 Å². The number of hydrogen-bond donors (Lipinski definition) is 2. The number of rotatable bonds is 4. The molecule has 0 spiro atoms. The Bertz CT molecular complexity index is 397. The van der Waals surface area contributed by atoms with E-state index in [1.807, 2.05) is 32.1 Å². The summed E-state index contributed by atoms with van der Waals surface area (Å²) in [7, 11) is 0. The molecule has 3 heteroatoms. The standard InChI is InChI=1S/C13H18N2O/c1-3-13(16)12-8-10(2)11(9-15-12)6-4-5-7-14/h4-9,13,16H,3,14H2,1-2H3/b6-4+,7-5+. The highest BCUT2D eigenvalue weighted by atomic mass is 16.3. The molecule has 3 nitrogen and oxygen atoms in total. The fraction of sp³-hybridized carbons (Fsp3) is 0.308. The number of aryl methyl sites for hydroxylation is 1. The average Bonchev–Trinajstić information content (AvgIpc) is 2.30. The van der Waals surface area contributed by atoms with Gasteiger partial charge in [-0.3, -0.25) is 4.98 Å². The number of nitrogens with two attached hydrogens (primary N) is 1. The number of pyridine rings is 1. The third kappa shape index (κ3) is 3.21. The number of allylic oxidation sites excluding steroid dienone is 2. The molecule has 1 atom stereocenters. The maximum Gasteiger partial charge on any atom is 0.0957 e. The van der Waals surface area contributed by atoms with Gasteiger partial charge in [-0.25, -0.2) is 0 Å². The van der Waals surface area contributed by atoms with Crippen LogP contribution in [0.4, 0.5) is 0 Å². The summed E-state index contributed by atoms with van der Waals surface area (Å²) in [6, 6.07) is 1.92. The van der Waals surface area contributed by atoms with Crippen molar-refractivity contribution in [3.05, 3.63) is 47.4 Å². The summed E-state index contributed by atoms with van der Waals surface area (Å²) < 4.78 is 0. The molecule has 1 aromatic heterocycles. The van der Waals surface area contributed by atoms with Crippen molar-refractivity contribution in [1.82, 2.24) is 4.98 Å². The van der Waals surface area contributed by atoms with E-state index in [0.29, 0.717) is 6.42 Å². The van der Waals surface area contributed by atoms with Crippen LogP contribution in [0.5, 0.6) is 0 Å². The molecule has 0 fully saturated rings. The first-order chi connectivity index (χ1) is 7.69. The highest BCUT2D eigenvalue weighted by molar-refractivity contribution is 5.54. The van der Waals surface area contributed by atoms with Crippen molar-refractivity contribution in [3.8, 4) is 0 Å². The first-order valence-corrected chi connectivity index (χ1v) is 5.38. The van der Waals surface area contributed by atoms with Gasteiger partial charge in [0.2, 0.25) is 0 Å². The van der Waals surface area contributed by atoms with Crippen LogP contribution < -0.4 is 5.73 Å². The van der Waals surface area contributed by atoms with Crippen molar-refractivity contribution >= 4 is 6.08 Å². The maximum atomic E-state index is 9.65. The van der Waals surface area contributed by atoms with Crippen molar-refractivity contribution in [2.75, 3.05) is 0 Å². The molecule has 16 heavy (non-hydrogen) atoms. The Morgan fingerprint density at radius 1 is 1.50 bits per heavy atom. The summed E-state index contributed by atoms with van der Waals surface area (Å²) in [6.07, 6.45) is 9.01. The Morgan fingerprint density at radius 2 is 2.25 bits per heavy atom. The van der Waals surface area contributed by atoms with Crippen molar-refractivity contribution < 1.29 is 5.11 Å². The first kappa shape index (κ1) is 12.5. The molecular formula is C13H18N2O. The van der Waals surface area contributed by atoms with Crippen LogP contribution in [-0.2, 0) is 0 Å². The van der Waals surface area contributed by atoms with Crippen molar-refractivity contribution in [1.29, 1.82) is 0 Å². The first-order valence-electron chi connectivity index (χ1n) is 5.38. The molecule has 1 aromatic rings. The van der Waals surface area contributed by atoms with E-state index in [4.69, 9.17) is 5.73 Å². The van der Waals surface area contributed by atoms with Crippen molar-refractivity contribution in [2.24, 2.45) is 5.73 Å². The van der Waals surface area contributed by atoms with E-state index in [1.54, 1.807) is 12.3 Å².